The van der Waals surface area contributed by atoms with Gasteiger partial charge in [-0.3, -0.25) is 14.5 Å². The van der Waals surface area contributed by atoms with Gasteiger partial charge in [0.15, 0.2) is 11.5 Å². The molecule has 3 aromatic rings. The van der Waals surface area contributed by atoms with Crippen molar-refractivity contribution in [2.75, 3.05) is 20.3 Å². The van der Waals surface area contributed by atoms with Crippen molar-refractivity contribution in [2.24, 2.45) is 0 Å². The zero-order chi connectivity index (χ0) is 25.5. The predicted octanol–water partition coefficient (Wildman–Crippen LogP) is 5.87. The van der Waals surface area contributed by atoms with E-state index in [-0.39, 0.29) is 30.9 Å². The van der Waals surface area contributed by atoms with Crippen LogP contribution in [0.15, 0.2) is 71.6 Å². The van der Waals surface area contributed by atoms with E-state index < -0.39 is 0 Å². The van der Waals surface area contributed by atoms with E-state index in [0.29, 0.717) is 33.3 Å². The summed E-state index contributed by atoms with van der Waals surface area (Å²) < 4.78 is 17.9. The van der Waals surface area contributed by atoms with E-state index >= 15 is 0 Å². The molecule has 1 fully saturated rings. The smallest absolute Gasteiger partial charge is 0.293 e. The van der Waals surface area contributed by atoms with Gasteiger partial charge < -0.3 is 14.2 Å². The van der Waals surface area contributed by atoms with Gasteiger partial charge in [0, 0.05) is 5.56 Å². The molecule has 0 unspecified atom stereocenters. The van der Waals surface area contributed by atoms with Crippen LogP contribution in [-0.4, -0.2) is 36.3 Å². The number of methoxy groups -OCH3 is 1. The molecular formula is C27H21IN2O5S. The summed E-state index contributed by atoms with van der Waals surface area (Å²) in [4.78, 5) is 26.8. The molecule has 0 N–H and O–H groups in total. The molecule has 9 heteroatoms. The van der Waals surface area contributed by atoms with Gasteiger partial charge in [0.05, 0.1) is 33.8 Å². The van der Waals surface area contributed by atoms with Gasteiger partial charge in [-0.05, 0) is 76.3 Å². The maximum Gasteiger partial charge on any atom is 0.293 e. The topological polar surface area (TPSA) is 88.9 Å². The molecule has 0 atom stereocenters. The van der Waals surface area contributed by atoms with E-state index in [1.807, 2.05) is 48.5 Å². The summed E-state index contributed by atoms with van der Waals surface area (Å²) in [6.07, 6.45) is 1.67. The van der Waals surface area contributed by atoms with Crippen LogP contribution >= 0.6 is 34.4 Å². The molecule has 1 saturated heterocycles. The molecule has 36 heavy (non-hydrogen) atoms. The van der Waals surface area contributed by atoms with Crippen LogP contribution in [0.5, 0.6) is 17.2 Å². The minimum absolute atomic E-state index is 0.161. The minimum Gasteiger partial charge on any atom is -0.493 e. The van der Waals surface area contributed by atoms with Crippen molar-refractivity contribution in [1.29, 1.82) is 5.26 Å². The largest absolute Gasteiger partial charge is 0.493 e. The van der Waals surface area contributed by atoms with Crippen LogP contribution < -0.4 is 14.2 Å². The van der Waals surface area contributed by atoms with Crippen LogP contribution in [-0.2, 0) is 11.4 Å². The number of halogens is 1. The second kappa shape index (κ2) is 12.0. The Balaban J connectivity index is 1.46. The predicted molar refractivity (Wildman–Crippen MR) is 146 cm³/mol. The fraction of sp³-hybridized carbons (Fsp3) is 0.148. The van der Waals surface area contributed by atoms with Crippen LogP contribution in [0.2, 0.25) is 0 Å². The van der Waals surface area contributed by atoms with Crippen LogP contribution in [0.25, 0.3) is 6.08 Å². The van der Waals surface area contributed by atoms with Gasteiger partial charge in [0.1, 0.15) is 19.0 Å². The van der Waals surface area contributed by atoms with E-state index in [1.165, 1.54) is 12.0 Å². The number of amides is 2. The number of ether oxygens (including phenoxy) is 3. The van der Waals surface area contributed by atoms with Crippen molar-refractivity contribution in [2.45, 2.75) is 6.61 Å². The molecular weight excluding hydrogens is 591 g/mol. The highest BCUT2D eigenvalue weighted by Crippen LogP contribution is 2.37. The van der Waals surface area contributed by atoms with Crippen molar-refractivity contribution < 1.29 is 23.8 Å². The summed E-state index contributed by atoms with van der Waals surface area (Å²) in [5, 5.41) is 8.97. The number of hydrogen-bond acceptors (Lipinski definition) is 7. The molecule has 0 aromatic heterocycles. The van der Waals surface area contributed by atoms with Gasteiger partial charge in [-0.15, -0.1) is 0 Å². The molecule has 7 nitrogen and oxygen atoms in total. The highest BCUT2D eigenvalue weighted by molar-refractivity contribution is 14.1. The second-order valence-electron chi connectivity index (χ2n) is 7.59. The normalized spacial score (nSPS) is 14.1. The lowest BCUT2D eigenvalue weighted by Gasteiger charge is -2.14. The third-order valence-corrected chi connectivity index (χ3v) is 6.97. The fourth-order valence-corrected chi connectivity index (χ4v) is 5.13. The number of carbonyl (C=O) groups is 2. The molecule has 0 saturated carbocycles. The minimum atomic E-state index is -0.357. The molecule has 0 spiro atoms. The molecule has 3 aromatic carbocycles. The SMILES string of the molecule is COc1cc(/C=C2\SC(=O)N(CCOc3ccccc3)C2=O)cc(I)c1OCc1ccccc1C#N. The lowest BCUT2D eigenvalue weighted by atomic mass is 10.1. The Labute approximate surface area is 226 Å². The van der Waals surface area contributed by atoms with Crippen LogP contribution in [0.4, 0.5) is 4.79 Å². The summed E-state index contributed by atoms with van der Waals surface area (Å²) in [6, 6.07) is 22.2. The number of imide groups is 1. The van der Waals surface area contributed by atoms with Gasteiger partial charge in [0.2, 0.25) is 0 Å². The number of nitrogens with zero attached hydrogens (tertiary/aromatic N) is 2. The maximum absolute atomic E-state index is 12.9. The molecule has 1 heterocycles. The van der Waals surface area contributed by atoms with Crippen molar-refractivity contribution in [3.8, 4) is 23.3 Å². The summed E-state index contributed by atoms with van der Waals surface area (Å²) in [5.41, 5.74) is 2.02. The first-order valence-electron chi connectivity index (χ1n) is 10.9. The molecule has 2 amide bonds. The van der Waals surface area contributed by atoms with Crippen molar-refractivity contribution in [3.63, 3.8) is 0 Å². The molecule has 1 aliphatic heterocycles. The Bertz CT molecular complexity index is 1350. The van der Waals surface area contributed by atoms with Gasteiger partial charge in [-0.25, -0.2) is 0 Å². The Morgan fingerprint density at radius 1 is 1.06 bits per heavy atom. The Kier molecular flexibility index (Phi) is 8.51. The number of para-hydroxylation sites is 1. The summed E-state index contributed by atoms with van der Waals surface area (Å²) in [5.74, 6) is 1.34. The molecule has 0 aliphatic carbocycles. The van der Waals surface area contributed by atoms with Crippen molar-refractivity contribution in [3.05, 3.63) is 91.9 Å². The third kappa shape index (κ3) is 6.01. The Morgan fingerprint density at radius 2 is 1.81 bits per heavy atom. The van der Waals surface area contributed by atoms with E-state index in [9.17, 15) is 14.9 Å². The van der Waals surface area contributed by atoms with Crippen molar-refractivity contribution in [1.82, 2.24) is 4.90 Å². The number of thioether (sulfide) groups is 1. The molecule has 182 valence electrons. The first kappa shape index (κ1) is 25.6. The van der Waals surface area contributed by atoms with Crippen LogP contribution in [0.3, 0.4) is 0 Å². The van der Waals surface area contributed by atoms with Crippen LogP contribution in [0, 0.1) is 14.9 Å². The standard InChI is InChI=1S/C27H21IN2O5S/c1-33-23-14-18(13-22(28)25(23)35-17-20-8-6-5-7-19(20)16-29)15-24-26(31)30(27(32)36-24)11-12-34-21-9-3-2-4-10-21/h2-10,13-15H,11-12,17H2,1H3/b24-15-. The summed E-state index contributed by atoms with van der Waals surface area (Å²) in [6.45, 7) is 0.579. The average Bonchev–Trinajstić information content (AvgIpc) is 3.15. The number of rotatable bonds is 9. The summed E-state index contributed by atoms with van der Waals surface area (Å²) in [7, 11) is 1.53. The van der Waals surface area contributed by atoms with E-state index in [0.717, 1.165) is 20.9 Å². The lowest BCUT2D eigenvalue weighted by Crippen LogP contribution is -2.32. The molecule has 1 aliphatic rings. The number of carbonyl (C=O) groups excluding carboxylic acids is 2. The fourth-order valence-electron chi connectivity index (χ4n) is 3.48. The van der Waals surface area contributed by atoms with Gasteiger partial charge >= 0.3 is 0 Å². The summed E-state index contributed by atoms with van der Waals surface area (Å²) >= 11 is 3.03. The number of benzene rings is 3. The zero-order valence-corrected chi connectivity index (χ0v) is 22.2. The highest BCUT2D eigenvalue weighted by atomic mass is 127. The first-order valence-corrected chi connectivity index (χ1v) is 12.8. The maximum atomic E-state index is 12.9. The Hall–Kier alpha value is -3.49. The third-order valence-electron chi connectivity index (χ3n) is 5.26. The van der Waals surface area contributed by atoms with E-state index in [4.69, 9.17) is 14.2 Å². The zero-order valence-electron chi connectivity index (χ0n) is 19.3. The monoisotopic (exact) mass is 612 g/mol. The van der Waals surface area contributed by atoms with E-state index in [2.05, 4.69) is 28.7 Å². The van der Waals surface area contributed by atoms with Gasteiger partial charge in [-0.2, -0.15) is 5.26 Å². The number of nitriles is 1. The number of hydrogen-bond donors (Lipinski definition) is 0. The van der Waals surface area contributed by atoms with Crippen LogP contribution in [0.1, 0.15) is 16.7 Å². The molecule has 0 radical (unpaired) electrons. The molecule has 4 rings (SSSR count). The highest BCUT2D eigenvalue weighted by Gasteiger charge is 2.35. The lowest BCUT2D eigenvalue weighted by molar-refractivity contribution is -0.123. The first-order chi connectivity index (χ1) is 17.5. The van der Waals surface area contributed by atoms with Gasteiger partial charge in [0.25, 0.3) is 11.1 Å². The van der Waals surface area contributed by atoms with E-state index in [1.54, 1.807) is 24.3 Å². The van der Waals surface area contributed by atoms with Crippen molar-refractivity contribution >= 4 is 51.6 Å². The Morgan fingerprint density at radius 3 is 2.56 bits per heavy atom. The quantitative estimate of drug-likeness (QED) is 0.221. The second-order valence-corrected chi connectivity index (χ2v) is 9.74. The molecule has 0 bridgehead atoms. The average molecular weight is 612 g/mol. The van der Waals surface area contributed by atoms with Gasteiger partial charge in [-0.1, -0.05) is 36.4 Å².